The summed E-state index contributed by atoms with van der Waals surface area (Å²) in [6.45, 7) is 5.46. The summed E-state index contributed by atoms with van der Waals surface area (Å²) in [7, 11) is -3.56. The predicted octanol–water partition coefficient (Wildman–Crippen LogP) is 2.13. The maximum absolute atomic E-state index is 12.5. The summed E-state index contributed by atoms with van der Waals surface area (Å²) in [5.74, 6) is 0.528. The first-order valence-corrected chi connectivity index (χ1v) is 11.2. The largest absolute Gasteiger partial charge is 0.325 e. The van der Waals surface area contributed by atoms with Crippen LogP contribution in [0, 0.1) is 5.92 Å². The number of carbonyl (C=O) groups excluding carboxylic acids is 1. The van der Waals surface area contributed by atoms with E-state index in [1.165, 1.54) is 12.8 Å². The van der Waals surface area contributed by atoms with E-state index in [1.807, 2.05) is 6.92 Å². The van der Waals surface area contributed by atoms with Crippen LogP contribution in [0.25, 0.3) is 0 Å². The van der Waals surface area contributed by atoms with Crippen LogP contribution in [0.15, 0.2) is 28.0 Å². The molecule has 0 saturated carbocycles. The van der Waals surface area contributed by atoms with Crippen LogP contribution in [0.5, 0.6) is 0 Å². The van der Waals surface area contributed by atoms with Gasteiger partial charge in [0.1, 0.15) is 0 Å². The number of thioether (sulfide) groups is 1. The van der Waals surface area contributed by atoms with Crippen LogP contribution in [0.4, 0.5) is 5.69 Å². The highest BCUT2D eigenvalue weighted by Gasteiger charge is 2.22. The van der Waals surface area contributed by atoms with Crippen LogP contribution in [0.1, 0.15) is 26.2 Å². The van der Waals surface area contributed by atoms with Crippen LogP contribution in [-0.4, -0.2) is 51.2 Å². The van der Waals surface area contributed by atoms with Gasteiger partial charge in [-0.1, -0.05) is 6.92 Å². The lowest BCUT2D eigenvalue weighted by molar-refractivity contribution is -0.118. The molecule has 0 aromatic heterocycles. The topological polar surface area (TPSA) is 78.5 Å². The zero-order chi connectivity index (χ0) is 17.9. The average Bonchev–Trinajstić information content (AvgIpc) is 3.05. The van der Waals surface area contributed by atoms with Crippen LogP contribution >= 0.6 is 11.8 Å². The maximum atomic E-state index is 12.5. The molecule has 0 unspecified atom stereocenters. The quantitative estimate of drug-likeness (QED) is 0.736. The third-order valence-electron chi connectivity index (χ3n) is 4.60. The third-order valence-corrected chi connectivity index (χ3v) is 7.39. The Bertz CT molecular complexity index is 731. The number of likely N-dealkylation sites (tertiary alicyclic amines) is 1. The van der Waals surface area contributed by atoms with Gasteiger partial charge in [-0.05, 0) is 57.1 Å². The fourth-order valence-electron chi connectivity index (χ4n) is 3.04. The van der Waals surface area contributed by atoms with E-state index in [4.69, 9.17) is 0 Å². The van der Waals surface area contributed by atoms with Gasteiger partial charge in [0.25, 0.3) is 0 Å². The van der Waals surface area contributed by atoms with Crippen molar-refractivity contribution < 1.29 is 13.2 Å². The number of fused-ring (bicyclic) bond motifs is 1. The summed E-state index contributed by atoms with van der Waals surface area (Å²) in [5.41, 5.74) is 0.583. The number of nitrogens with zero attached hydrogens (tertiary/aromatic N) is 1. The van der Waals surface area contributed by atoms with E-state index in [0.29, 0.717) is 18.0 Å². The normalized spacial score (nSPS) is 21.6. The van der Waals surface area contributed by atoms with Gasteiger partial charge in [-0.2, -0.15) is 0 Å². The van der Waals surface area contributed by atoms with Crippen molar-refractivity contribution in [3.05, 3.63) is 18.2 Å². The molecular formula is C17H25N3O3S2. The van der Waals surface area contributed by atoms with E-state index in [1.54, 1.807) is 30.0 Å². The van der Waals surface area contributed by atoms with Gasteiger partial charge < -0.3 is 10.2 Å². The predicted molar refractivity (Wildman–Crippen MR) is 100 cm³/mol. The highest BCUT2D eigenvalue weighted by molar-refractivity contribution is 7.99. The summed E-state index contributed by atoms with van der Waals surface area (Å²) in [6, 6.07) is 4.94. The lowest BCUT2D eigenvalue weighted by Gasteiger charge is -2.15. The summed E-state index contributed by atoms with van der Waals surface area (Å²) >= 11 is 1.57. The number of hydrogen-bond acceptors (Lipinski definition) is 5. The molecule has 0 aliphatic carbocycles. The van der Waals surface area contributed by atoms with Crippen molar-refractivity contribution in [3.63, 3.8) is 0 Å². The lowest BCUT2D eigenvalue weighted by atomic mass is 10.2. The highest BCUT2D eigenvalue weighted by Crippen LogP contribution is 2.34. The minimum Gasteiger partial charge on any atom is -0.325 e. The van der Waals surface area contributed by atoms with E-state index < -0.39 is 10.0 Å². The van der Waals surface area contributed by atoms with Gasteiger partial charge in [-0.25, -0.2) is 13.1 Å². The smallest absolute Gasteiger partial charge is 0.240 e. The number of carbonyl (C=O) groups is 1. The second kappa shape index (κ2) is 8.07. The van der Waals surface area contributed by atoms with Crippen molar-refractivity contribution in [2.24, 2.45) is 5.92 Å². The maximum Gasteiger partial charge on any atom is 0.240 e. The number of hydrogen-bond donors (Lipinski definition) is 2. The monoisotopic (exact) mass is 383 g/mol. The molecule has 138 valence electrons. The van der Waals surface area contributed by atoms with E-state index in [9.17, 15) is 13.2 Å². The van der Waals surface area contributed by atoms with Gasteiger partial charge in [0.2, 0.25) is 15.9 Å². The molecule has 3 rings (SSSR count). The molecule has 0 radical (unpaired) electrons. The molecule has 25 heavy (non-hydrogen) atoms. The fraction of sp³-hybridized carbons (Fsp3) is 0.588. The van der Waals surface area contributed by atoms with Crippen molar-refractivity contribution in [2.75, 3.05) is 37.2 Å². The Morgan fingerprint density at radius 2 is 2.08 bits per heavy atom. The van der Waals surface area contributed by atoms with Crippen molar-refractivity contribution >= 4 is 33.4 Å². The molecule has 0 spiro atoms. The molecule has 6 nitrogen and oxygen atoms in total. The molecule has 1 saturated heterocycles. The molecule has 1 amide bonds. The molecule has 1 aromatic rings. The number of amides is 1. The van der Waals surface area contributed by atoms with Crippen molar-refractivity contribution in [3.8, 4) is 0 Å². The molecule has 2 aliphatic heterocycles. The van der Waals surface area contributed by atoms with Gasteiger partial charge in [0.05, 0.1) is 10.6 Å². The van der Waals surface area contributed by atoms with Crippen LogP contribution in [0.3, 0.4) is 0 Å². The van der Waals surface area contributed by atoms with Crippen molar-refractivity contribution in [2.45, 2.75) is 36.0 Å². The summed E-state index contributed by atoms with van der Waals surface area (Å²) in [6.07, 6.45) is 3.28. The Hall–Kier alpha value is -1.09. The molecule has 1 aromatic carbocycles. The van der Waals surface area contributed by atoms with Crippen LogP contribution in [-0.2, 0) is 14.8 Å². The van der Waals surface area contributed by atoms with E-state index in [2.05, 4.69) is 14.9 Å². The first-order valence-electron chi connectivity index (χ1n) is 8.75. The molecule has 2 heterocycles. The third kappa shape index (κ3) is 4.75. The molecular weight excluding hydrogens is 358 g/mol. The van der Waals surface area contributed by atoms with E-state index >= 15 is 0 Å². The average molecular weight is 384 g/mol. The number of sulfonamides is 1. The number of rotatable bonds is 6. The van der Waals surface area contributed by atoms with Gasteiger partial charge in [0.15, 0.2) is 0 Å². The first-order chi connectivity index (χ1) is 12.0. The minimum absolute atomic E-state index is 0.0700. The second-order valence-electron chi connectivity index (χ2n) is 6.66. The Kier molecular flexibility index (Phi) is 6.04. The Balaban J connectivity index is 1.62. The summed E-state index contributed by atoms with van der Waals surface area (Å²) in [5, 5.41) is 2.83. The first kappa shape index (κ1) is 18.7. The van der Waals surface area contributed by atoms with E-state index in [-0.39, 0.29) is 16.7 Å². The zero-order valence-corrected chi connectivity index (χ0v) is 16.1. The Labute approximate surface area is 153 Å². The minimum atomic E-state index is -3.56. The lowest BCUT2D eigenvalue weighted by Crippen LogP contribution is -2.29. The molecule has 2 aliphatic rings. The van der Waals surface area contributed by atoms with E-state index in [0.717, 1.165) is 31.0 Å². The number of nitrogens with one attached hydrogen (secondary N) is 2. The van der Waals surface area contributed by atoms with Crippen molar-refractivity contribution in [1.29, 1.82) is 0 Å². The van der Waals surface area contributed by atoms with Crippen molar-refractivity contribution in [1.82, 2.24) is 9.62 Å². The molecule has 0 bridgehead atoms. The van der Waals surface area contributed by atoms with Crippen LogP contribution < -0.4 is 10.0 Å². The summed E-state index contributed by atoms with van der Waals surface area (Å²) in [4.78, 5) is 15.5. The van der Waals surface area contributed by atoms with Gasteiger partial charge in [0, 0.05) is 23.1 Å². The summed E-state index contributed by atoms with van der Waals surface area (Å²) < 4.78 is 27.7. The zero-order valence-electron chi connectivity index (χ0n) is 14.5. The molecule has 1 atom stereocenters. The molecule has 8 heteroatoms. The number of benzene rings is 1. The van der Waals surface area contributed by atoms with Gasteiger partial charge in [-0.3, -0.25) is 4.79 Å². The fourth-order valence-corrected chi connectivity index (χ4v) is 5.16. The SMILES string of the molecule is C[C@@H]1CSc2ccc(S(=O)(=O)NCCCN3CCCC3)cc2NC1=O. The standard InChI is InChI=1S/C17H25N3O3S2/c1-13-12-24-16-6-5-14(11-15(16)19-17(13)21)25(22,23)18-7-4-10-20-8-2-3-9-20/h5-6,11,13,18H,2-4,7-10,12H2,1H3,(H,19,21)/t13-/m1/s1. The Morgan fingerprint density at radius 3 is 2.84 bits per heavy atom. The number of anilines is 1. The highest BCUT2D eigenvalue weighted by atomic mass is 32.2. The van der Waals surface area contributed by atoms with Gasteiger partial charge >= 0.3 is 0 Å². The van der Waals surface area contributed by atoms with Crippen LogP contribution in [0.2, 0.25) is 0 Å². The van der Waals surface area contributed by atoms with Gasteiger partial charge in [-0.15, -0.1) is 11.8 Å². The second-order valence-corrected chi connectivity index (χ2v) is 9.49. The Morgan fingerprint density at radius 1 is 1.32 bits per heavy atom. The molecule has 1 fully saturated rings. The molecule has 2 N–H and O–H groups in total.